The zero-order chi connectivity index (χ0) is 22.2. The maximum absolute atomic E-state index is 4.72. The van der Waals surface area contributed by atoms with E-state index in [4.69, 9.17) is 4.98 Å². The van der Waals surface area contributed by atoms with Crippen molar-refractivity contribution in [3.8, 4) is 23.1 Å². The minimum atomic E-state index is 0.365. The average molecular weight is 446 g/mol. The highest BCUT2D eigenvalue weighted by Crippen LogP contribution is 2.57. The van der Waals surface area contributed by atoms with Crippen LogP contribution in [-0.2, 0) is 0 Å². The van der Waals surface area contributed by atoms with Crippen molar-refractivity contribution in [1.82, 2.24) is 25.3 Å². The van der Waals surface area contributed by atoms with Gasteiger partial charge in [0.25, 0.3) is 0 Å². The normalized spacial score (nSPS) is 30.6. The van der Waals surface area contributed by atoms with E-state index >= 15 is 0 Å². The van der Waals surface area contributed by atoms with E-state index in [1.165, 1.54) is 54.3 Å². The molecule has 3 aliphatic carbocycles. The molecule has 4 aromatic rings. The van der Waals surface area contributed by atoms with Crippen LogP contribution in [0, 0.1) is 29.6 Å². The van der Waals surface area contributed by atoms with Gasteiger partial charge in [0.2, 0.25) is 0 Å². The molecule has 3 saturated carbocycles. The first-order chi connectivity index (χ1) is 16.7. The molecular formula is C29H27N5. The van der Waals surface area contributed by atoms with Crippen LogP contribution in [0.25, 0.3) is 22.0 Å². The number of nitrogens with zero attached hydrogens (tertiary/aromatic N) is 2. The first-order valence-electron chi connectivity index (χ1n) is 12.7. The predicted molar refractivity (Wildman–Crippen MR) is 132 cm³/mol. The van der Waals surface area contributed by atoms with Crippen LogP contribution in [-0.4, -0.2) is 26.0 Å². The Morgan fingerprint density at radius 2 is 1.59 bits per heavy atom. The zero-order valence-electron chi connectivity index (χ0n) is 19.0. The van der Waals surface area contributed by atoms with Crippen molar-refractivity contribution in [1.29, 1.82) is 0 Å². The predicted octanol–water partition coefficient (Wildman–Crippen LogP) is 5.29. The number of benzene rings is 2. The second kappa shape index (κ2) is 7.07. The third-order valence-corrected chi connectivity index (χ3v) is 8.52. The second-order valence-electron chi connectivity index (χ2n) is 10.9. The van der Waals surface area contributed by atoms with E-state index in [9.17, 15) is 0 Å². The molecule has 0 amide bonds. The van der Waals surface area contributed by atoms with Crippen LogP contribution < -0.4 is 5.32 Å². The number of aromatic amines is 2. The number of hydrogen-bond donors (Lipinski definition) is 3. The Labute approximate surface area is 198 Å². The third kappa shape index (κ3) is 3.28. The molecule has 0 spiro atoms. The number of fused-ring (bicyclic) bond motifs is 3. The van der Waals surface area contributed by atoms with Gasteiger partial charge in [0.1, 0.15) is 17.3 Å². The number of aromatic nitrogens is 4. The van der Waals surface area contributed by atoms with Crippen molar-refractivity contribution in [2.45, 2.75) is 50.1 Å². The highest BCUT2D eigenvalue weighted by molar-refractivity contribution is 5.88. The lowest BCUT2D eigenvalue weighted by Gasteiger charge is -2.08. The number of piperidine rings is 1. The van der Waals surface area contributed by atoms with Crippen molar-refractivity contribution in [2.75, 3.05) is 0 Å². The van der Waals surface area contributed by atoms with Crippen molar-refractivity contribution in [3.63, 3.8) is 0 Å². The molecule has 3 heterocycles. The molecule has 8 rings (SSSR count). The van der Waals surface area contributed by atoms with E-state index in [0.29, 0.717) is 12.0 Å². The highest BCUT2D eigenvalue weighted by atomic mass is 15.1. The fourth-order valence-corrected chi connectivity index (χ4v) is 6.37. The summed E-state index contributed by atoms with van der Waals surface area (Å²) in [4.78, 5) is 16.3. The molecule has 34 heavy (non-hydrogen) atoms. The van der Waals surface area contributed by atoms with Crippen LogP contribution in [0.4, 0.5) is 0 Å². The smallest absolute Gasteiger partial charge is 0.124 e. The first-order valence-corrected chi connectivity index (χ1v) is 12.7. The minimum absolute atomic E-state index is 0.365. The van der Waals surface area contributed by atoms with Gasteiger partial charge < -0.3 is 15.3 Å². The van der Waals surface area contributed by atoms with Crippen LogP contribution >= 0.6 is 0 Å². The molecule has 0 bridgehead atoms. The Kier molecular flexibility index (Phi) is 3.95. The minimum Gasteiger partial charge on any atom is -0.342 e. The molecule has 1 aliphatic heterocycles. The quantitative estimate of drug-likeness (QED) is 0.375. The van der Waals surface area contributed by atoms with E-state index in [-0.39, 0.29) is 0 Å². The lowest BCUT2D eigenvalue weighted by Crippen LogP contribution is -2.18. The van der Waals surface area contributed by atoms with E-state index in [0.717, 1.165) is 46.6 Å². The van der Waals surface area contributed by atoms with Gasteiger partial charge in [-0.1, -0.05) is 24.1 Å². The van der Waals surface area contributed by atoms with Crippen molar-refractivity contribution >= 4 is 10.8 Å². The van der Waals surface area contributed by atoms with Gasteiger partial charge in [0, 0.05) is 23.1 Å². The van der Waals surface area contributed by atoms with Gasteiger partial charge in [0.15, 0.2) is 0 Å². The summed E-state index contributed by atoms with van der Waals surface area (Å²) in [6, 6.07) is 14.1. The van der Waals surface area contributed by atoms with Crippen molar-refractivity contribution < 1.29 is 0 Å². The molecular weight excluding hydrogens is 418 g/mol. The van der Waals surface area contributed by atoms with Gasteiger partial charge in [-0.3, -0.25) is 0 Å². The standard InChI is InChI=1S/C29H27N5/c1-3-18-8-19(27-15-31-28(34-27)23-10-20-9-21(20)11-23)5-4-17(18)7-16(1)2-6-24-14-30-29(32-24)26-13-22-12-25(22)33-26/h1,3-5,7-8,14-15,20-23,25-26,33H,9-13H2,(H,30,32)(H,31,34)/t20-,21+,22-,23?,25-,26+/m1/s1. The van der Waals surface area contributed by atoms with Gasteiger partial charge in [-0.25, -0.2) is 9.97 Å². The summed E-state index contributed by atoms with van der Waals surface area (Å²) in [6.07, 6.45) is 10.5. The third-order valence-electron chi connectivity index (χ3n) is 8.52. The van der Waals surface area contributed by atoms with Gasteiger partial charge in [-0.05, 0) is 84.7 Å². The molecule has 3 N–H and O–H groups in total. The van der Waals surface area contributed by atoms with Crippen LogP contribution in [0.1, 0.15) is 67.0 Å². The van der Waals surface area contributed by atoms with Gasteiger partial charge in [0.05, 0.1) is 24.1 Å². The SMILES string of the molecule is C(#Cc1cnc([C@@H]2C[C@H]3C[C@H]3N2)[nH]1)c1ccc2cc(-c3cnc(C4C[C@@H]5C[C@@H]5C4)[nH]3)ccc2c1. The maximum atomic E-state index is 4.72. The van der Waals surface area contributed by atoms with Gasteiger partial charge in [-0.2, -0.15) is 0 Å². The van der Waals surface area contributed by atoms with Crippen LogP contribution in [0.5, 0.6) is 0 Å². The molecule has 5 heteroatoms. The summed E-state index contributed by atoms with van der Waals surface area (Å²) in [5.41, 5.74) is 4.20. The number of imidazole rings is 2. The fourth-order valence-electron chi connectivity index (χ4n) is 6.37. The number of rotatable bonds is 3. The monoisotopic (exact) mass is 445 g/mol. The molecule has 2 aromatic heterocycles. The highest BCUT2D eigenvalue weighted by Gasteiger charge is 2.47. The second-order valence-corrected chi connectivity index (χ2v) is 10.9. The van der Waals surface area contributed by atoms with E-state index in [1.54, 1.807) is 0 Å². The largest absolute Gasteiger partial charge is 0.342 e. The van der Waals surface area contributed by atoms with Crippen LogP contribution in [0.3, 0.4) is 0 Å². The summed E-state index contributed by atoms with van der Waals surface area (Å²) >= 11 is 0. The Balaban J connectivity index is 1.00. The molecule has 4 fully saturated rings. The van der Waals surface area contributed by atoms with Crippen molar-refractivity contribution in [2.24, 2.45) is 17.8 Å². The molecule has 168 valence electrons. The van der Waals surface area contributed by atoms with E-state index < -0.39 is 0 Å². The lowest BCUT2D eigenvalue weighted by molar-refractivity contribution is 0.543. The summed E-state index contributed by atoms with van der Waals surface area (Å²) in [6.45, 7) is 0. The molecule has 1 unspecified atom stereocenters. The fraction of sp³-hybridized carbons (Fsp3) is 0.379. The molecule has 0 radical (unpaired) electrons. The van der Waals surface area contributed by atoms with Gasteiger partial charge >= 0.3 is 0 Å². The number of H-pyrrole nitrogens is 2. The number of hydrogen-bond acceptors (Lipinski definition) is 3. The first kappa shape index (κ1) is 19.0. The molecule has 2 aromatic carbocycles. The van der Waals surface area contributed by atoms with Crippen molar-refractivity contribution in [3.05, 3.63) is 71.7 Å². The van der Waals surface area contributed by atoms with E-state index in [1.807, 2.05) is 12.4 Å². The zero-order valence-corrected chi connectivity index (χ0v) is 19.0. The van der Waals surface area contributed by atoms with E-state index in [2.05, 4.69) is 68.5 Å². The molecule has 5 nitrogen and oxygen atoms in total. The molecule has 1 saturated heterocycles. The summed E-state index contributed by atoms with van der Waals surface area (Å²) < 4.78 is 0. The average Bonchev–Trinajstić information content (AvgIpc) is 3.44. The maximum Gasteiger partial charge on any atom is 0.124 e. The summed E-state index contributed by atoms with van der Waals surface area (Å²) in [5.74, 6) is 12.2. The number of nitrogens with one attached hydrogen (secondary N) is 3. The summed E-state index contributed by atoms with van der Waals surface area (Å²) in [7, 11) is 0. The lowest BCUT2D eigenvalue weighted by atomic mass is 10.0. The molecule has 6 atom stereocenters. The molecule has 4 aliphatic rings. The Hall–Kier alpha value is -3.36. The Morgan fingerprint density at radius 3 is 2.47 bits per heavy atom. The van der Waals surface area contributed by atoms with Gasteiger partial charge in [-0.15, -0.1) is 0 Å². The Bertz CT molecular complexity index is 1460. The topological polar surface area (TPSA) is 69.4 Å². The summed E-state index contributed by atoms with van der Waals surface area (Å²) in [5, 5.41) is 6.06. The van der Waals surface area contributed by atoms with Crippen LogP contribution in [0.15, 0.2) is 48.8 Å². The van der Waals surface area contributed by atoms with Crippen LogP contribution in [0.2, 0.25) is 0 Å². The Morgan fingerprint density at radius 1 is 0.735 bits per heavy atom.